The molecule has 0 aromatic heterocycles. The Morgan fingerprint density at radius 3 is 2.68 bits per heavy atom. The number of hydrogen-bond acceptors (Lipinski definition) is 3. The molecule has 0 aliphatic heterocycles. The van der Waals surface area contributed by atoms with E-state index in [9.17, 15) is 8.78 Å². The second-order valence-electron chi connectivity index (χ2n) is 4.30. The number of hydrogen-bond donors (Lipinski definition) is 1. The summed E-state index contributed by atoms with van der Waals surface area (Å²) in [7, 11) is 1.63. The van der Waals surface area contributed by atoms with Gasteiger partial charge in [0.05, 0.1) is 13.2 Å². The predicted molar refractivity (Wildman–Crippen MR) is 70.1 cm³/mol. The third kappa shape index (κ3) is 6.09. The van der Waals surface area contributed by atoms with Crippen molar-refractivity contribution in [1.82, 2.24) is 5.32 Å². The first kappa shape index (κ1) is 16.0. The Labute approximate surface area is 112 Å². The average Bonchev–Trinajstić information content (AvgIpc) is 2.37. The minimum atomic E-state index is -0.556. The molecular formula is C14H21F2NO2. The maximum atomic E-state index is 13.5. The Morgan fingerprint density at radius 1 is 1.21 bits per heavy atom. The summed E-state index contributed by atoms with van der Waals surface area (Å²) in [5, 5.41) is 3.18. The standard InChI is InChI=1S/C14H21F2NO2/c1-11(13-5-4-12(15)10-14(13)16)17-6-3-7-19-9-8-18-2/h4-5,10-11,17H,3,6-9H2,1-2H3. The summed E-state index contributed by atoms with van der Waals surface area (Å²) in [6.07, 6.45) is 0.830. The molecule has 0 radical (unpaired) electrons. The molecule has 0 fully saturated rings. The van der Waals surface area contributed by atoms with Crippen LogP contribution in [0.1, 0.15) is 24.9 Å². The molecule has 0 spiro atoms. The maximum absolute atomic E-state index is 13.5. The summed E-state index contributed by atoms with van der Waals surface area (Å²) in [6.45, 7) is 4.37. The molecule has 0 saturated heterocycles. The molecule has 1 N–H and O–H groups in total. The molecule has 0 aliphatic rings. The van der Waals surface area contributed by atoms with Gasteiger partial charge in [-0.05, 0) is 26.0 Å². The number of ether oxygens (including phenoxy) is 2. The fraction of sp³-hybridized carbons (Fsp3) is 0.571. The van der Waals surface area contributed by atoms with E-state index in [1.54, 1.807) is 7.11 Å². The highest BCUT2D eigenvalue weighted by Gasteiger charge is 2.10. The first-order chi connectivity index (χ1) is 9.15. The lowest BCUT2D eigenvalue weighted by molar-refractivity contribution is 0.0693. The van der Waals surface area contributed by atoms with Crippen LogP contribution in [0.4, 0.5) is 8.78 Å². The van der Waals surface area contributed by atoms with Crippen LogP contribution in [0.2, 0.25) is 0 Å². The lowest BCUT2D eigenvalue weighted by atomic mass is 10.1. The second-order valence-corrected chi connectivity index (χ2v) is 4.30. The second kappa shape index (κ2) is 8.96. The highest BCUT2D eigenvalue weighted by Crippen LogP contribution is 2.17. The van der Waals surface area contributed by atoms with Gasteiger partial charge in [0.1, 0.15) is 11.6 Å². The van der Waals surface area contributed by atoms with E-state index < -0.39 is 11.6 Å². The first-order valence-electron chi connectivity index (χ1n) is 6.40. The third-order valence-electron chi connectivity index (χ3n) is 2.78. The van der Waals surface area contributed by atoms with Crippen LogP contribution >= 0.6 is 0 Å². The highest BCUT2D eigenvalue weighted by atomic mass is 19.1. The Balaban J connectivity index is 2.22. The van der Waals surface area contributed by atoms with Crippen molar-refractivity contribution in [2.45, 2.75) is 19.4 Å². The largest absolute Gasteiger partial charge is 0.382 e. The Bertz CT molecular complexity index is 374. The van der Waals surface area contributed by atoms with Crippen molar-refractivity contribution in [3.63, 3.8) is 0 Å². The van der Waals surface area contributed by atoms with Crippen LogP contribution in [0.25, 0.3) is 0 Å². The molecule has 0 amide bonds. The molecule has 1 unspecified atom stereocenters. The fourth-order valence-electron chi connectivity index (χ4n) is 1.70. The van der Waals surface area contributed by atoms with Crippen molar-refractivity contribution in [3.05, 3.63) is 35.4 Å². The first-order valence-corrected chi connectivity index (χ1v) is 6.40. The van der Waals surface area contributed by atoms with Gasteiger partial charge >= 0.3 is 0 Å². The van der Waals surface area contributed by atoms with Gasteiger partial charge in [-0.3, -0.25) is 0 Å². The van der Waals surface area contributed by atoms with E-state index in [0.29, 0.717) is 31.9 Å². The van der Waals surface area contributed by atoms with Crippen LogP contribution in [0, 0.1) is 11.6 Å². The molecule has 1 aromatic rings. The van der Waals surface area contributed by atoms with Gasteiger partial charge in [0.15, 0.2) is 0 Å². The Hall–Kier alpha value is -1.04. The molecule has 0 heterocycles. The number of methoxy groups -OCH3 is 1. The smallest absolute Gasteiger partial charge is 0.130 e. The van der Waals surface area contributed by atoms with Crippen molar-refractivity contribution in [1.29, 1.82) is 0 Å². The van der Waals surface area contributed by atoms with E-state index >= 15 is 0 Å². The van der Waals surface area contributed by atoms with E-state index in [2.05, 4.69) is 5.32 Å². The third-order valence-corrected chi connectivity index (χ3v) is 2.78. The van der Waals surface area contributed by atoms with Gasteiger partial charge in [-0.2, -0.15) is 0 Å². The van der Waals surface area contributed by atoms with Gasteiger partial charge in [-0.1, -0.05) is 6.07 Å². The van der Waals surface area contributed by atoms with Crippen molar-refractivity contribution in [3.8, 4) is 0 Å². The Morgan fingerprint density at radius 2 is 2.00 bits per heavy atom. The molecule has 5 heteroatoms. The van der Waals surface area contributed by atoms with Crippen LogP contribution in [0.3, 0.4) is 0 Å². The van der Waals surface area contributed by atoms with E-state index in [-0.39, 0.29) is 6.04 Å². The maximum Gasteiger partial charge on any atom is 0.130 e. The van der Waals surface area contributed by atoms with Gasteiger partial charge in [0.25, 0.3) is 0 Å². The number of benzene rings is 1. The Kier molecular flexibility index (Phi) is 7.55. The lowest BCUT2D eigenvalue weighted by Gasteiger charge is -2.15. The van der Waals surface area contributed by atoms with Crippen LogP contribution in [0.15, 0.2) is 18.2 Å². The van der Waals surface area contributed by atoms with Gasteiger partial charge in [-0.15, -0.1) is 0 Å². The molecule has 0 bridgehead atoms. The molecule has 0 saturated carbocycles. The van der Waals surface area contributed by atoms with Gasteiger partial charge in [0, 0.05) is 31.4 Å². The average molecular weight is 273 g/mol. The highest BCUT2D eigenvalue weighted by molar-refractivity contribution is 5.21. The fourth-order valence-corrected chi connectivity index (χ4v) is 1.70. The summed E-state index contributed by atoms with van der Waals surface area (Å²) >= 11 is 0. The van der Waals surface area contributed by atoms with Crippen LogP contribution in [-0.2, 0) is 9.47 Å². The van der Waals surface area contributed by atoms with Crippen molar-refractivity contribution in [2.75, 3.05) is 33.5 Å². The van der Waals surface area contributed by atoms with Crippen LogP contribution in [-0.4, -0.2) is 33.5 Å². The molecular weight excluding hydrogens is 252 g/mol. The molecule has 0 aliphatic carbocycles. The summed E-state index contributed by atoms with van der Waals surface area (Å²) in [5.74, 6) is -1.07. The van der Waals surface area contributed by atoms with Crippen molar-refractivity contribution < 1.29 is 18.3 Å². The summed E-state index contributed by atoms with van der Waals surface area (Å²) < 4.78 is 36.4. The van der Waals surface area contributed by atoms with Crippen molar-refractivity contribution >= 4 is 0 Å². The molecule has 19 heavy (non-hydrogen) atoms. The minimum Gasteiger partial charge on any atom is -0.382 e. The van der Waals surface area contributed by atoms with Crippen LogP contribution in [0.5, 0.6) is 0 Å². The summed E-state index contributed by atoms with van der Waals surface area (Å²) in [6, 6.07) is 3.49. The van der Waals surface area contributed by atoms with Crippen molar-refractivity contribution in [2.24, 2.45) is 0 Å². The zero-order valence-electron chi connectivity index (χ0n) is 11.4. The SMILES string of the molecule is COCCOCCCNC(C)c1ccc(F)cc1F. The molecule has 1 rings (SSSR count). The number of halogens is 2. The van der Waals surface area contributed by atoms with E-state index in [4.69, 9.17) is 9.47 Å². The number of rotatable bonds is 9. The lowest BCUT2D eigenvalue weighted by Crippen LogP contribution is -2.22. The minimum absolute atomic E-state index is 0.153. The predicted octanol–water partition coefficient (Wildman–Crippen LogP) is 2.67. The zero-order chi connectivity index (χ0) is 14.1. The van der Waals surface area contributed by atoms with E-state index in [0.717, 1.165) is 12.5 Å². The zero-order valence-corrected chi connectivity index (χ0v) is 11.4. The quantitative estimate of drug-likeness (QED) is 0.702. The van der Waals surface area contributed by atoms with Gasteiger partial charge < -0.3 is 14.8 Å². The molecule has 1 aromatic carbocycles. The van der Waals surface area contributed by atoms with E-state index in [1.807, 2.05) is 6.92 Å². The topological polar surface area (TPSA) is 30.5 Å². The van der Waals surface area contributed by atoms with Gasteiger partial charge in [0.2, 0.25) is 0 Å². The summed E-state index contributed by atoms with van der Waals surface area (Å²) in [5.41, 5.74) is 0.474. The van der Waals surface area contributed by atoms with Crippen LogP contribution < -0.4 is 5.32 Å². The monoisotopic (exact) mass is 273 g/mol. The molecule has 1 atom stereocenters. The summed E-state index contributed by atoms with van der Waals surface area (Å²) in [4.78, 5) is 0. The van der Waals surface area contributed by atoms with Gasteiger partial charge in [-0.25, -0.2) is 8.78 Å². The number of nitrogens with one attached hydrogen (secondary N) is 1. The molecule has 108 valence electrons. The molecule has 3 nitrogen and oxygen atoms in total. The normalized spacial score (nSPS) is 12.6. The van der Waals surface area contributed by atoms with E-state index in [1.165, 1.54) is 12.1 Å².